The Hall–Kier alpha value is -1.60. The molecule has 0 saturated carbocycles. The quantitative estimate of drug-likeness (QED) is 0.370. The molecule has 0 unspecified atom stereocenters. The molecule has 33 heavy (non-hydrogen) atoms. The Kier molecular flexibility index (Phi) is 7.11. The van der Waals surface area contributed by atoms with Gasteiger partial charge < -0.3 is 4.90 Å². The molecule has 3 aromatic rings. The molecule has 2 aromatic carbocycles. The summed E-state index contributed by atoms with van der Waals surface area (Å²) in [6.07, 6.45) is 1.84. The van der Waals surface area contributed by atoms with Crippen LogP contribution in [0.5, 0.6) is 0 Å². The molecule has 176 valence electrons. The fourth-order valence-corrected chi connectivity index (χ4v) is 7.16. The first kappa shape index (κ1) is 24.5. The van der Waals surface area contributed by atoms with E-state index in [1.54, 1.807) is 29.5 Å². The first-order valence-corrected chi connectivity index (χ1v) is 14.2. The highest BCUT2D eigenvalue weighted by molar-refractivity contribution is 7.92. The second kappa shape index (κ2) is 9.57. The minimum atomic E-state index is -3.34. The van der Waals surface area contributed by atoms with Gasteiger partial charge in [0.1, 0.15) is 0 Å². The molecule has 0 amide bonds. The standard InChI is InChI=1S/C25H28Cl2N2O2S2/c1-25(2,3)18-5-8-21(9-6-18)33(30,31)22-10-12-29(13-11-22)24-28-20(16-32-24)14-17-4-7-19(26)15-23(17)27/h4-9,15-16,22H,10-14H2,1-3H3. The topological polar surface area (TPSA) is 50.3 Å². The van der Waals surface area contributed by atoms with Gasteiger partial charge in [-0.2, -0.15) is 0 Å². The van der Waals surface area contributed by atoms with Crippen LogP contribution in [0.1, 0.15) is 50.4 Å². The molecular weight excluding hydrogens is 495 g/mol. The summed E-state index contributed by atoms with van der Waals surface area (Å²) < 4.78 is 26.4. The lowest BCUT2D eigenvalue weighted by molar-refractivity contribution is 0.529. The van der Waals surface area contributed by atoms with Crippen LogP contribution in [0.4, 0.5) is 5.13 Å². The molecule has 1 aliphatic rings. The van der Waals surface area contributed by atoms with Crippen LogP contribution in [0.2, 0.25) is 10.0 Å². The van der Waals surface area contributed by atoms with Crippen molar-refractivity contribution in [1.82, 2.24) is 4.98 Å². The van der Waals surface area contributed by atoms with Crippen molar-refractivity contribution in [2.24, 2.45) is 0 Å². The molecule has 0 spiro atoms. The highest BCUT2D eigenvalue weighted by Gasteiger charge is 2.32. The van der Waals surface area contributed by atoms with Crippen molar-refractivity contribution in [3.05, 3.63) is 74.7 Å². The molecule has 4 nitrogen and oxygen atoms in total. The van der Waals surface area contributed by atoms with Crippen molar-refractivity contribution in [2.45, 2.75) is 55.6 Å². The van der Waals surface area contributed by atoms with Crippen molar-refractivity contribution in [1.29, 1.82) is 0 Å². The highest BCUT2D eigenvalue weighted by atomic mass is 35.5. The van der Waals surface area contributed by atoms with Crippen molar-refractivity contribution >= 4 is 49.5 Å². The maximum Gasteiger partial charge on any atom is 0.185 e. The van der Waals surface area contributed by atoms with Crippen LogP contribution < -0.4 is 4.90 Å². The second-order valence-corrected chi connectivity index (χ2v) is 13.4. The maximum atomic E-state index is 13.2. The summed E-state index contributed by atoms with van der Waals surface area (Å²) in [5.74, 6) is 0. The summed E-state index contributed by atoms with van der Waals surface area (Å²) in [6.45, 7) is 7.73. The predicted molar refractivity (Wildman–Crippen MR) is 139 cm³/mol. The molecule has 1 saturated heterocycles. The average Bonchev–Trinajstić information content (AvgIpc) is 3.24. The molecule has 0 bridgehead atoms. The normalized spacial score (nSPS) is 15.7. The van der Waals surface area contributed by atoms with Crippen LogP contribution in [0, 0.1) is 0 Å². The van der Waals surface area contributed by atoms with Crippen LogP contribution >= 0.6 is 34.5 Å². The summed E-state index contributed by atoms with van der Waals surface area (Å²) in [5, 5.41) is 3.87. The largest absolute Gasteiger partial charge is 0.348 e. The van der Waals surface area contributed by atoms with Gasteiger partial charge in [0.2, 0.25) is 0 Å². The number of hydrogen-bond acceptors (Lipinski definition) is 5. The Morgan fingerprint density at radius 3 is 2.33 bits per heavy atom. The molecule has 0 aliphatic carbocycles. The number of halogens is 2. The lowest BCUT2D eigenvalue weighted by atomic mass is 9.87. The van der Waals surface area contributed by atoms with E-state index in [-0.39, 0.29) is 10.7 Å². The fourth-order valence-electron chi connectivity index (χ4n) is 4.08. The van der Waals surface area contributed by atoms with Gasteiger partial charge in [-0.05, 0) is 53.6 Å². The van der Waals surface area contributed by atoms with Gasteiger partial charge in [0.15, 0.2) is 15.0 Å². The van der Waals surface area contributed by atoms with E-state index < -0.39 is 9.84 Å². The SMILES string of the molecule is CC(C)(C)c1ccc(S(=O)(=O)C2CCN(c3nc(Cc4ccc(Cl)cc4Cl)cs3)CC2)cc1. The maximum absolute atomic E-state index is 13.2. The van der Waals surface area contributed by atoms with E-state index in [1.165, 1.54) is 0 Å². The molecule has 0 N–H and O–H groups in total. The van der Waals surface area contributed by atoms with E-state index in [2.05, 4.69) is 25.7 Å². The zero-order chi connectivity index (χ0) is 23.8. The zero-order valence-electron chi connectivity index (χ0n) is 19.0. The first-order valence-electron chi connectivity index (χ1n) is 11.0. The summed E-state index contributed by atoms with van der Waals surface area (Å²) in [5.41, 5.74) is 3.07. The Labute approximate surface area is 210 Å². The third-order valence-electron chi connectivity index (χ3n) is 6.13. The minimum absolute atomic E-state index is 0.000908. The van der Waals surface area contributed by atoms with Gasteiger partial charge in [0, 0.05) is 34.9 Å². The third-order valence-corrected chi connectivity index (χ3v) is 9.94. The van der Waals surface area contributed by atoms with E-state index >= 15 is 0 Å². The number of thiazole rings is 1. The summed E-state index contributed by atoms with van der Waals surface area (Å²) in [6, 6.07) is 12.9. The zero-order valence-corrected chi connectivity index (χ0v) is 22.2. The number of benzene rings is 2. The van der Waals surface area contributed by atoms with Gasteiger partial charge in [-0.1, -0.05) is 62.2 Å². The number of anilines is 1. The molecule has 4 rings (SSSR count). The van der Waals surface area contributed by atoms with Crippen molar-refractivity contribution in [3.8, 4) is 0 Å². The van der Waals surface area contributed by atoms with Gasteiger partial charge in [0.05, 0.1) is 15.8 Å². The van der Waals surface area contributed by atoms with Crippen LogP contribution in [0.15, 0.2) is 52.7 Å². The second-order valence-electron chi connectivity index (χ2n) is 9.54. The number of hydrogen-bond donors (Lipinski definition) is 0. The summed E-state index contributed by atoms with van der Waals surface area (Å²) in [4.78, 5) is 7.38. The molecule has 0 atom stereocenters. The molecule has 1 aromatic heterocycles. The summed E-state index contributed by atoms with van der Waals surface area (Å²) in [7, 11) is -3.34. The predicted octanol–water partition coefficient (Wildman–Crippen LogP) is 6.78. The number of rotatable bonds is 5. The fraction of sp³-hybridized carbons (Fsp3) is 0.400. The summed E-state index contributed by atoms with van der Waals surface area (Å²) >= 11 is 13.9. The number of aromatic nitrogens is 1. The lowest BCUT2D eigenvalue weighted by Gasteiger charge is -2.31. The number of piperidine rings is 1. The number of nitrogens with zero attached hydrogens (tertiary/aromatic N) is 2. The lowest BCUT2D eigenvalue weighted by Crippen LogP contribution is -2.39. The Bertz CT molecular complexity index is 1220. The van der Waals surface area contributed by atoms with Crippen LogP contribution in [-0.4, -0.2) is 31.7 Å². The van der Waals surface area contributed by atoms with Crippen molar-refractivity contribution in [2.75, 3.05) is 18.0 Å². The van der Waals surface area contributed by atoms with E-state index in [1.807, 2.05) is 29.6 Å². The van der Waals surface area contributed by atoms with Crippen molar-refractivity contribution in [3.63, 3.8) is 0 Å². The van der Waals surface area contributed by atoms with E-state index in [0.717, 1.165) is 22.0 Å². The Morgan fingerprint density at radius 1 is 1.06 bits per heavy atom. The average molecular weight is 524 g/mol. The van der Waals surface area contributed by atoms with Crippen LogP contribution in [0.25, 0.3) is 0 Å². The van der Waals surface area contributed by atoms with Crippen LogP contribution in [0.3, 0.4) is 0 Å². The van der Waals surface area contributed by atoms with E-state index in [0.29, 0.717) is 47.3 Å². The third kappa shape index (κ3) is 5.56. The molecule has 8 heteroatoms. The molecular formula is C25H28Cl2N2O2S2. The highest BCUT2D eigenvalue weighted by Crippen LogP contribution is 2.31. The minimum Gasteiger partial charge on any atom is -0.348 e. The van der Waals surface area contributed by atoms with Gasteiger partial charge in [-0.15, -0.1) is 11.3 Å². The monoisotopic (exact) mass is 522 g/mol. The number of sulfone groups is 1. The van der Waals surface area contributed by atoms with Crippen molar-refractivity contribution < 1.29 is 8.42 Å². The van der Waals surface area contributed by atoms with Gasteiger partial charge >= 0.3 is 0 Å². The molecule has 1 fully saturated rings. The molecule has 1 aliphatic heterocycles. The molecule has 0 radical (unpaired) electrons. The van der Waals surface area contributed by atoms with Gasteiger partial charge in [-0.25, -0.2) is 13.4 Å². The van der Waals surface area contributed by atoms with E-state index in [9.17, 15) is 8.42 Å². The van der Waals surface area contributed by atoms with Gasteiger partial charge in [-0.3, -0.25) is 0 Å². The Morgan fingerprint density at radius 2 is 1.73 bits per heavy atom. The smallest absolute Gasteiger partial charge is 0.185 e. The van der Waals surface area contributed by atoms with Crippen LogP contribution in [-0.2, 0) is 21.7 Å². The Balaban J connectivity index is 1.39. The van der Waals surface area contributed by atoms with Gasteiger partial charge in [0.25, 0.3) is 0 Å². The first-order chi connectivity index (χ1) is 15.5. The van der Waals surface area contributed by atoms with E-state index in [4.69, 9.17) is 28.2 Å². The molecule has 2 heterocycles.